The first kappa shape index (κ1) is 10.6. The van der Waals surface area contributed by atoms with E-state index in [0.717, 1.165) is 5.56 Å². The zero-order valence-corrected chi connectivity index (χ0v) is 9.15. The number of aromatic nitrogens is 3. The highest BCUT2D eigenvalue weighted by Gasteiger charge is 2.17. The Morgan fingerprint density at radius 1 is 1.31 bits per heavy atom. The molecule has 0 saturated carbocycles. The molecule has 2 rings (SSSR count). The molecule has 0 unspecified atom stereocenters. The quantitative estimate of drug-likeness (QED) is 0.811. The first-order valence-electron chi connectivity index (χ1n) is 4.47. The molecule has 2 aromatic rings. The van der Waals surface area contributed by atoms with Crippen LogP contribution in [0.5, 0.6) is 0 Å². The Bertz CT molecular complexity index is 507. The van der Waals surface area contributed by atoms with Crippen molar-refractivity contribution < 1.29 is 9.53 Å². The standard InChI is InChI=1S/C10H8ClN3O2/c1-16-10(15)9-8(12-14-13-9)6-2-4-7(11)5-3-6/h2-5H,1H3,(H,12,13,14). The largest absolute Gasteiger partial charge is 0.464 e. The van der Waals surface area contributed by atoms with Crippen LogP contribution in [0.25, 0.3) is 11.3 Å². The monoisotopic (exact) mass is 237 g/mol. The van der Waals surface area contributed by atoms with Gasteiger partial charge in [-0.1, -0.05) is 23.7 Å². The Hall–Kier alpha value is -1.88. The number of nitrogens with zero attached hydrogens (tertiary/aromatic N) is 2. The van der Waals surface area contributed by atoms with E-state index in [1.54, 1.807) is 24.3 Å². The maximum Gasteiger partial charge on any atom is 0.360 e. The zero-order valence-electron chi connectivity index (χ0n) is 8.40. The SMILES string of the molecule is COC(=O)c1n[nH]nc1-c1ccc(Cl)cc1. The summed E-state index contributed by atoms with van der Waals surface area (Å²) >= 11 is 5.77. The molecule has 1 aromatic carbocycles. The van der Waals surface area contributed by atoms with Crippen LogP contribution >= 0.6 is 11.6 Å². The van der Waals surface area contributed by atoms with Gasteiger partial charge in [0, 0.05) is 10.6 Å². The van der Waals surface area contributed by atoms with E-state index < -0.39 is 5.97 Å². The number of hydrogen-bond acceptors (Lipinski definition) is 4. The molecule has 0 aliphatic heterocycles. The number of carbonyl (C=O) groups is 1. The average molecular weight is 238 g/mol. The van der Waals surface area contributed by atoms with Crippen molar-refractivity contribution in [1.82, 2.24) is 15.4 Å². The number of nitrogens with one attached hydrogen (secondary N) is 1. The van der Waals surface area contributed by atoms with Gasteiger partial charge in [-0.2, -0.15) is 10.3 Å². The molecule has 1 aromatic heterocycles. The van der Waals surface area contributed by atoms with Crippen LogP contribution in [-0.4, -0.2) is 28.5 Å². The number of halogens is 1. The van der Waals surface area contributed by atoms with Gasteiger partial charge in [0.25, 0.3) is 0 Å². The lowest BCUT2D eigenvalue weighted by Gasteiger charge is -1.99. The van der Waals surface area contributed by atoms with Crippen LogP contribution in [-0.2, 0) is 4.74 Å². The predicted octanol–water partition coefficient (Wildman–Crippen LogP) is 1.91. The van der Waals surface area contributed by atoms with Gasteiger partial charge < -0.3 is 4.74 Å². The van der Waals surface area contributed by atoms with Gasteiger partial charge in [0.15, 0.2) is 5.69 Å². The van der Waals surface area contributed by atoms with E-state index >= 15 is 0 Å². The smallest absolute Gasteiger partial charge is 0.360 e. The van der Waals surface area contributed by atoms with Gasteiger partial charge in [-0.15, -0.1) is 5.10 Å². The lowest BCUT2D eigenvalue weighted by Crippen LogP contribution is -2.03. The summed E-state index contributed by atoms with van der Waals surface area (Å²) < 4.78 is 4.59. The fraction of sp³-hybridized carbons (Fsp3) is 0.100. The minimum Gasteiger partial charge on any atom is -0.464 e. The molecule has 0 spiro atoms. The van der Waals surface area contributed by atoms with E-state index in [4.69, 9.17) is 11.6 Å². The highest BCUT2D eigenvalue weighted by Crippen LogP contribution is 2.21. The van der Waals surface area contributed by atoms with Crippen molar-refractivity contribution in [2.24, 2.45) is 0 Å². The van der Waals surface area contributed by atoms with Gasteiger partial charge >= 0.3 is 5.97 Å². The van der Waals surface area contributed by atoms with Crippen molar-refractivity contribution in [2.75, 3.05) is 7.11 Å². The van der Waals surface area contributed by atoms with Crippen LogP contribution < -0.4 is 0 Å². The summed E-state index contributed by atoms with van der Waals surface area (Å²) in [7, 11) is 1.29. The van der Waals surface area contributed by atoms with E-state index in [9.17, 15) is 4.79 Å². The zero-order chi connectivity index (χ0) is 11.5. The number of H-pyrrole nitrogens is 1. The molecular formula is C10H8ClN3O2. The van der Waals surface area contributed by atoms with Crippen molar-refractivity contribution in [3.63, 3.8) is 0 Å². The van der Waals surface area contributed by atoms with E-state index in [-0.39, 0.29) is 5.69 Å². The Kier molecular flexibility index (Phi) is 2.87. The van der Waals surface area contributed by atoms with Crippen molar-refractivity contribution in [1.29, 1.82) is 0 Å². The number of ether oxygens (including phenoxy) is 1. The molecule has 16 heavy (non-hydrogen) atoms. The second-order valence-corrected chi connectivity index (χ2v) is 3.46. The van der Waals surface area contributed by atoms with E-state index in [1.807, 2.05) is 0 Å². The lowest BCUT2D eigenvalue weighted by atomic mass is 10.1. The maximum atomic E-state index is 11.4. The second-order valence-electron chi connectivity index (χ2n) is 3.02. The van der Waals surface area contributed by atoms with Crippen molar-refractivity contribution >= 4 is 17.6 Å². The van der Waals surface area contributed by atoms with Crippen LogP contribution in [0.15, 0.2) is 24.3 Å². The van der Waals surface area contributed by atoms with Crippen LogP contribution in [0.4, 0.5) is 0 Å². The molecule has 0 atom stereocenters. The normalized spacial score (nSPS) is 10.1. The maximum absolute atomic E-state index is 11.4. The number of rotatable bonds is 2. The minimum absolute atomic E-state index is 0.157. The molecule has 0 radical (unpaired) electrons. The summed E-state index contributed by atoms with van der Waals surface area (Å²) in [6.45, 7) is 0. The van der Waals surface area contributed by atoms with Gasteiger partial charge in [0.1, 0.15) is 5.69 Å². The number of hydrogen-bond donors (Lipinski definition) is 1. The van der Waals surface area contributed by atoms with E-state index in [0.29, 0.717) is 10.7 Å². The van der Waals surface area contributed by atoms with Crippen LogP contribution in [0, 0.1) is 0 Å². The summed E-state index contributed by atoms with van der Waals surface area (Å²) in [4.78, 5) is 11.4. The third kappa shape index (κ3) is 1.90. The Balaban J connectivity index is 2.44. The summed E-state index contributed by atoms with van der Waals surface area (Å²) in [6, 6.07) is 6.94. The van der Waals surface area contributed by atoms with Crippen LogP contribution in [0.2, 0.25) is 5.02 Å². The molecule has 0 aliphatic rings. The molecule has 5 nitrogen and oxygen atoms in total. The average Bonchev–Trinajstić information content (AvgIpc) is 2.78. The minimum atomic E-state index is -0.529. The molecule has 0 saturated heterocycles. The molecule has 6 heteroatoms. The third-order valence-electron chi connectivity index (χ3n) is 2.04. The number of benzene rings is 1. The van der Waals surface area contributed by atoms with Gasteiger partial charge in [0.2, 0.25) is 0 Å². The topological polar surface area (TPSA) is 67.9 Å². The van der Waals surface area contributed by atoms with Crippen molar-refractivity contribution in [2.45, 2.75) is 0 Å². The predicted molar refractivity (Wildman–Crippen MR) is 58.2 cm³/mol. The number of methoxy groups -OCH3 is 1. The number of carbonyl (C=O) groups excluding carboxylic acids is 1. The Morgan fingerprint density at radius 3 is 2.62 bits per heavy atom. The summed E-state index contributed by atoms with van der Waals surface area (Å²) in [5, 5.41) is 10.7. The summed E-state index contributed by atoms with van der Waals surface area (Å²) in [5.41, 5.74) is 1.35. The third-order valence-corrected chi connectivity index (χ3v) is 2.30. The molecule has 1 N–H and O–H groups in total. The molecule has 0 fully saturated rings. The van der Waals surface area contributed by atoms with Crippen LogP contribution in [0.3, 0.4) is 0 Å². The number of aromatic amines is 1. The lowest BCUT2D eigenvalue weighted by molar-refractivity contribution is 0.0595. The fourth-order valence-electron chi connectivity index (χ4n) is 1.28. The summed E-state index contributed by atoms with van der Waals surface area (Å²) in [6.07, 6.45) is 0. The van der Waals surface area contributed by atoms with Gasteiger partial charge in [-0.25, -0.2) is 4.79 Å². The fourth-order valence-corrected chi connectivity index (χ4v) is 1.40. The second kappa shape index (κ2) is 4.32. The number of esters is 1. The Labute approximate surface area is 96.4 Å². The van der Waals surface area contributed by atoms with E-state index in [2.05, 4.69) is 20.1 Å². The van der Waals surface area contributed by atoms with Gasteiger partial charge in [-0.05, 0) is 12.1 Å². The molecule has 0 amide bonds. The first-order valence-corrected chi connectivity index (χ1v) is 4.85. The Morgan fingerprint density at radius 2 is 2.00 bits per heavy atom. The van der Waals surface area contributed by atoms with Gasteiger partial charge in [0.05, 0.1) is 7.11 Å². The first-order chi connectivity index (χ1) is 7.72. The van der Waals surface area contributed by atoms with E-state index in [1.165, 1.54) is 7.11 Å². The molecule has 0 aliphatic carbocycles. The molecule has 82 valence electrons. The molecule has 1 heterocycles. The van der Waals surface area contributed by atoms with Crippen molar-refractivity contribution in [3.05, 3.63) is 35.0 Å². The van der Waals surface area contributed by atoms with Crippen molar-refractivity contribution in [3.8, 4) is 11.3 Å². The molecule has 0 bridgehead atoms. The highest BCUT2D eigenvalue weighted by molar-refractivity contribution is 6.30. The van der Waals surface area contributed by atoms with Gasteiger partial charge in [-0.3, -0.25) is 0 Å². The highest BCUT2D eigenvalue weighted by atomic mass is 35.5. The molecular weight excluding hydrogens is 230 g/mol. The van der Waals surface area contributed by atoms with Crippen LogP contribution in [0.1, 0.15) is 10.5 Å². The summed E-state index contributed by atoms with van der Waals surface area (Å²) in [5.74, 6) is -0.529.